The Balaban J connectivity index is 1.56. The van der Waals surface area contributed by atoms with E-state index >= 15 is 0 Å². The second-order valence-electron chi connectivity index (χ2n) is 6.94. The second kappa shape index (κ2) is 9.45. The van der Waals surface area contributed by atoms with E-state index in [2.05, 4.69) is 50.3 Å². The molecule has 0 spiro atoms. The minimum absolute atomic E-state index is 0.443. The summed E-state index contributed by atoms with van der Waals surface area (Å²) < 4.78 is 7.00. The maximum atomic E-state index is 6.64. The number of pyridine rings is 2. The van der Waals surface area contributed by atoms with E-state index in [1.165, 1.54) is 0 Å². The van der Waals surface area contributed by atoms with Gasteiger partial charge in [0.2, 0.25) is 0 Å². The molecule has 152 valence electrons. The standard InChI is InChI=1S/C24H21BrClN3O/c1-2-4-18-11-12-19-20(13-14-27-24(19)28-18)29-21-5-3-6-22(23(21)26)30-15-16-7-9-17(25)10-8-16/h3,5-14H,2,4,15H2,1H3,(H,27,28,29). The van der Waals surface area contributed by atoms with Crippen molar-refractivity contribution in [3.05, 3.63) is 87.6 Å². The highest BCUT2D eigenvalue weighted by molar-refractivity contribution is 9.10. The van der Waals surface area contributed by atoms with Crippen LogP contribution in [-0.2, 0) is 13.0 Å². The Morgan fingerprint density at radius 1 is 1.00 bits per heavy atom. The van der Waals surface area contributed by atoms with E-state index in [-0.39, 0.29) is 0 Å². The van der Waals surface area contributed by atoms with Crippen LogP contribution in [0.4, 0.5) is 11.4 Å². The lowest BCUT2D eigenvalue weighted by molar-refractivity contribution is 0.306. The summed E-state index contributed by atoms with van der Waals surface area (Å²) in [6.07, 6.45) is 3.76. The van der Waals surface area contributed by atoms with Crippen molar-refractivity contribution in [2.75, 3.05) is 5.32 Å². The van der Waals surface area contributed by atoms with E-state index in [0.29, 0.717) is 17.4 Å². The number of nitrogens with zero attached hydrogens (tertiary/aromatic N) is 2. The fourth-order valence-electron chi connectivity index (χ4n) is 3.18. The lowest BCUT2D eigenvalue weighted by atomic mass is 10.2. The van der Waals surface area contributed by atoms with Gasteiger partial charge in [0.25, 0.3) is 0 Å². The quantitative estimate of drug-likeness (QED) is 0.300. The topological polar surface area (TPSA) is 47.0 Å². The minimum atomic E-state index is 0.443. The molecule has 0 unspecified atom stereocenters. The summed E-state index contributed by atoms with van der Waals surface area (Å²) in [6, 6.07) is 19.8. The number of hydrogen-bond acceptors (Lipinski definition) is 4. The van der Waals surface area contributed by atoms with Crippen molar-refractivity contribution in [2.24, 2.45) is 0 Å². The summed E-state index contributed by atoms with van der Waals surface area (Å²) in [5.74, 6) is 0.631. The van der Waals surface area contributed by atoms with E-state index in [9.17, 15) is 0 Å². The number of aryl methyl sites for hydroxylation is 1. The summed E-state index contributed by atoms with van der Waals surface area (Å²) in [4.78, 5) is 9.09. The van der Waals surface area contributed by atoms with E-state index in [0.717, 1.165) is 51.0 Å². The van der Waals surface area contributed by atoms with Gasteiger partial charge in [-0.05, 0) is 54.4 Å². The first-order valence-corrected chi connectivity index (χ1v) is 11.0. The number of aromatic nitrogens is 2. The number of halogens is 2. The third-order valence-corrected chi connectivity index (χ3v) is 5.63. The Bertz CT molecular complexity index is 1160. The minimum Gasteiger partial charge on any atom is -0.487 e. The predicted molar refractivity (Wildman–Crippen MR) is 127 cm³/mol. The van der Waals surface area contributed by atoms with Gasteiger partial charge in [-0.3, -0.25) is 0 Å². The zero-order valence-corrected chi connectivity index (χ0v) is 18.9. The predicted octanol–water partition coefficient (Wildman–Crippen LogP) is 7.32. The number of nitrogens with one attached hydrogen (secondary N) is 1. The summed E-state index contributed by atoms with van der Waals surface area (Å²) in [5.41, 5.74) is 4.53. The third kappa shape index (κ3) is 4.74. The van der Waals surface area contributed by atoms with Crippen molar-refractivity contribution in [1.29, 1.82) is 0 Å². The summed E-state index contributed by atoms with van der Waals surface area (Å²) in [6.45, 7) is 2.59. The molecule has 0 aliphatic rings. The van der Waals surface area contributed by atoms with Crippen molar-refractivity contribution in [3.8, 4) is 5.75 Å². The molecule has 4 nitrogen and oxygen atoms in total. The molecule has 2 aromatic heterocycles. The van der Waals surface area contributed by atoms with Crippen molar-refractivity contribution in [1.82, 2.24) is 9.97 Å². The highest BCUT2D eigenvalue weighted by atomic mass is 79.9. The van der Waals surface area contributed by atoms with Gasteiger partial charge < -0.3 is 10.1 Å². The van der Waals surface area contributed by atoms with Gasteiger partial charge in [-0.15, -0.1) is 0 Å². The molecular weight excluding hydrogens is 462 g/mol. The van der Waals surface area contributed by atoms with Crippen LogP contribution in [0.5, 0.6) is 5.75 Å². The van der Waals surface area contributed by atoms with Gasteiger partial charge in [-0.2, -0.15) is 0 Å². The molecule has 0 saturated heterocycles. The Kier molecular flexibility index (Phi) is 6.50. The number of rotatable bonds is 7. The first-order chi connectivity index (χ1) is 14.6. The Hall–Kier alpha value is -2.63. The molecule has 0 bridgehead atoms. The molecule has 2 heterocycles. The van der Waals surface area contributed by atoms with Crippen molar-refractivity contribution in [3.63, 3.8) is 0 Å². The third-order valence-electron chi connectivity index (χ3n) is 4.71. The van der Waals surface area contributed by atoms with E-state index in [1.807, 2.05) is 48.5 Å². The lowest BCUT2D eigenvalue weighted by Crippen LogP contribution is -1.99. The monoisotopic (exact) mass is 481 g/mol. The maximum absolute atomic E-state index is 6.64. The first kappa shape index (κ1) is 20.6. The fraction of sp³-hybridized carbons (Fsp3) is 0.167. The highest BCUT2D eigenvalue weighted by Crippen LogP contribution is 2.35. The zero-order valence-electron chi connectivity index (χ0n) is 16.5. The zero-order chi connectivity index (χ0) is 20.9. The smallest absolute Gasteiger partial charge is 0.161 e. The summed E-state index contributed by atoms with van der Waals surface area (Å²) >= 11 is 10.1. The van der Waals surface area contributed by atoms with Crippen molar-refractivity contribution in [2.45, 2.75) is 26.4 Å². The number of anilines is 2. The van der Waals surface area contributed by atoms with Gasteiger partial charge in [-0.1, -0.05) is 59.1 Å². The summed E-state index contributed by atoms with van der Waals surface area (Å²) in [7, 11) is 0. The molecule has 0 saturated carbocycles. The molecule has 0 amide bonds. The molecule has 30 heavy (non-hydrogen) atoms. The molecular formula is C24H21BrClN3O. The largest absolute Gasteiger partial charge is 0.487 e. The number of hydrogen-bond donors (Lipinski definition) is 1. The van der Waals surface area contributed by atoms with Crippen LogP contribution in [0, 0.1) is 0 Å². The molecule has 0 aliphatic heterocycles. The van der Waals surface area contributed by atoms with Crippen molar-refractivity contribution >= 4 is 49.9 Å². The molecule has 6 heteroatoms. The van der Waals surface area contributed by atoms with Crippen LogP contribution in [0.25, 0.3) is 11.0 Å². The number of benzene rings is 2. The number of ether oxygens (including phenoxy) is 1. The Morgan fingerprint density at radius 3 is 2.63 bits per heavy atom. The summed E-state index contributed by atoms with van der Waals surface area (Å²) in [5, 5.41) is 4.91. The first-order valence-electron chi connectivity index (χ1n) is 9.81. The molecule has 1 N–H and O–H groups in total. The van der Waals surface area contributed by atoms with E-state index < -0.39 is 0 Å². The van der Waals surface area contributed by atoms with Crippen LogP contribution in [0.1, 0.15) is 24.6 Å². The second-order valence-corrected chi connectivity index (χ2v) is 8.23. The Labute approximate surface area is 189 Å². The van der Waals surface area contributed by atoms with Gasteiger partial charge in [0, 0.05) is 21.7 Å². The molecule has 2 aromatic carbocycles. The maximum Gasteiger partial charge on any atom is 0.161 e. The molecule has 0 radical (unpaired) electrons. The Morgan fingerprint density at radius 2 is 1.83 bits per heavy atom. The lowest BCUT2D eigenvalue weighted by Gasteiger charge is -2.14. The SMILES string of the molecule is CCCc1ccc2c(Nc3cccc(OCc4ccc(Br)cc4)c3Cl)ccnc2n1. The van der Waals surface area contributed by atoms with Crippen LogP contribution in [0.3, 0.4) is 0 Å². The van der Waals surface area contributed by atoms with Crippen LogP contribution in [0.2, 0.25) is 5.02 Å². The van der Waals surface area contributed by atoms with Gasteiger partial charge in [0.15, 0.2) is 5.65 Å². The van der Waals surface area contributed by atoms with Crippen LogP contribution in [-0.4, -0.2) is 9.97 Å². The van der Waals surface area contributed by atoms with Crippen LogP contribution in [0.15, 0.2) is 71.3 Å². The van der Waals surface area contributed by atoms with Gasteiger partial charge in [0.05, 0.1) is 11.4 Å². The van der Waals surface area contributed by atoms with E-state index in [4.69, 9.17) is 16.3 Å². The average Bonchev–Trinajstić information content (AvgIpc) is 2.76. The average molecular weight is 483 g/mol. The van der Waals surface area contributed by atoms with Crippen LogP contribution < -0.4 is 10.1 Å². The van der Waals surface area contributed by atoms with Crippen LogP contribution >= 0.6 is 27.5 Å². The normalized spacial score (nSPS) is 10.9. The van der Waals surface area contributed by atoms with Gasteiger partial charge in [-0.25, -0.2) is 9.97 Å². The van der Waals surface area contributed by atoms with Gasteiger partial charge >= 0.3 is 0 Å². The van der Waals surface area contributed by atoms with Crippen molar-refractivity contribution < 1.29 is 4.74 Å². The molecule has 0 fully saturated rings. The molecule has 4 rings (SSSR count). The van der Waals surface area contributed by atoms with E-state index in [1.54, 1.807) is 6.20 Å². The number of fused-ring (bicyclic) bond motifs is 1. The van der Waals surface area contributed by atoms with Gasteiger partial charge in [0.1, 0.15) is 17.4 Å². The molecule has 0 aliphatic carbocycles. The highest BCUT2D eigenvalue weighted by Gasteiger charge is 2.11. The molecule has 4 aromatic rings. The fourth-order valence-corrected chi connectivity index (χ4v) is 3.67. The molecule has 0 atom stereocenters.